The van der Waals surface area contributed by atoms with E-state index in [1.807, 2.05) is 0 Å². The molecule has 0 aromatic heterocycles. The summed E-state index contributed by atoms with van der Waals surface area (Å²) in [6.45, 7) is 0. The van der Waals surface area contributed by atoms with E-state index in [2.05, 4.69) is 0 Å². The van der Waals surface area contributed by atoms with Gasteiger partial charge < -0.3 is 25.5 Å². The van der Waals surface area contributed by atoms with Crippen molar-refractivity contribution in [2.45, 2.75) is 37.6 Å². The molecule has 6 nitrogen and oxygen atoms in total. The Kier molecular flexibility index (Phi) is 4.76. The Morgan fingerprint density at radius 2 is 1.36 bits per heavy atom. The predicted octanol–water partition coefficient (Wildman–Crippen LogP) is 0.905. The van der Waals surface area contributed by atoms with Crippen molar-refractivity contribution in [1.82, 2.24) is 0 Å². The minimum Gasteiger partial charge on any atom is -0.507 e. The summed E-state index contributed by atoms with van der Waals surface area (Å²) in [5.74, 6) is -0.606. The molecule has 0 spiro atoms. The molecule has 0 saturated carbocycles. The number of phenolic OH excluding ortho intramolecular Hbond substituents is 2. The van der Waals surface area contributed by atoms with E-state index in [0.717, 1.165) is 5.56 Å². The highest BCUT2D eigenvalue weighted by atomic mass is 16.4. The largest absolute Gasteiger partial charge is 0.507 e. The van der Waals surface area contributed by atoms with Crippen molar-refractivity contribution in [3.05, 3.63) is 47.5 Å². The lowest BCUT2D eigenvalue weighted by molar-refractivity contribution is -0.138. The molecule has 0 aliphatic heterocycles. The number of aliphatic hydroxyl groups is 3. The number of Topliss-reactive ketones (excluding diaryl/α,β-unsaturated/α-hetero) is 1. The van der Waals surface area contributed by atoms with E-state index >= 15 is 0 Å². The van der Waals surface area contributed by atoms with Gasteiger partial charge in [-0.25, -0.2) is 0 Å². The minimum atomic E-state index is -1.66. The van der Waals surface area contributed by atoms with E-state index in [0.29, 0.717) is 23.1 Å². The Bertz CT molecular complexity index is 800. The van der Waals surface area contributed by atoms with Gasteiger partial charge in [0.2, 0.25) is 0 Å². The second-order valence-corrected chi connectivity index (χ2v) is 6.38. The van der Waals surface area contributed by atoms with E-state index < -0.39 is 24.1 Å². The molecule has 5 N–H and O–H groups in total. The molecule has 0 fully saturated rings. The van der Waals surface area contributed by atoms with E-state index in [1.165, 1.54) is 12.1 Å². The van der Waals surface area contributed by atoms with E-state index in [-0.39, 0.29) is 24.3 Å². The lowest BCUT2D eigenvalue weighted by Gasteiger charge is -2.22. The van der Waals surface area contributed by atoms with E-state index in [4.69, 9.17) is 0 Å². The average molecular weight is 344 g/mol. The molecule has 6 heteroatoms. The Hall–Kier alpha value is -2.41. The first-order valence-corrected chi connectivity index (χ1v) is 8.08. The number of carbonyl (C=O) groups excluding carboxylic acids is 1. The van der Waals surface area contributed by atoms with Crippen LogP contribution in [-0.4, -0.2) is 49.6 Å². The third-order valence-electron chi connectivity index (χ3n) is 4.56. The maximum absolute atomic E-state index is 12.1. The highest BCUT2D eigenvalue weighted by Crippen LogP contribution is 2.37. The van der Waals surface area contributed by atoms with Gasteiger partial charge in [-0.3, -0.25) is 4.79 Å². The van der Waals surface area contributed by atoms with Gasteiger partial charge in [-0.05, 0) is 41.8 Å². The average Bonchev–Trinajstić information content (AvgIpc) is 2.60. The maximum Gasteiger partial charge on any atom is 0.164 e. The fourth-order valence-corrected chi connectivity index (χ4v) is 3.06. The number of hydrogen-bond donors (Lipinski definition) is 5. The zero-order valence-corrected chi connectivity index (χ0v) is 13.5. The molecular weight excluding hydrogens is 324 g/mol. The summed E-state index contributed by atoms with van der Waals surface area (Å²) in [5, 5.41) is 50.5. The van der Waals surface area contributed by atoms with Gasteiger partial charge in [0.05, 0.1) is 6.10 Å². The van der Waals surface area contributed by atoms with Gasteiger partial charge in [-0.2, -0.15) is 0 Å². The fraction of sp³-hybridized carbons (Fsp3) is 0.316. The fourth-order valence-electron chi connectivity index (χ4n) is 3.06. The number of rotatable bonds is 0. The van der Waals surface area contributed by atoms with Crippen LogP contribution in [0, 0.1) is 0 Å². The number of hydrogen-bond acceptors (Lipinski definition) is 6. The highest BCUT2D eigenvalue weighted by molar-refractivity contribution is 5.84. The minimum absolute atomic E-state index is 0.0146. The molecular formula is C19H20O6. The molecule has 0 radical (unpaired) electrons. The molecule has 1 aliphatic rings. The predicted molar refractivity (Wildman–Crippen MR) is 90.3 cm³/mol. The summed E-state index contributed by atoms with van der Waals surface area (Å²) in [6, 6.07) is 9.45. The number of carbonyl (C=O) groups is 1. The standard InChI is InChI=1S/C19H20O6/c20-14-4-1-10-2-6-16(22)18(24)19(25)17(23)9-11-3-5-15(21)13(8-11)12(14)7-10/h1,3-5,7-8,17-21,23-25H,2,6,9H2/t17-,18+,19+/m1/s1. The molecule has 3 rings (SSSR count). The zero-order valence-electron chi connectivity index (χ0n) is 13.5. The lowest BCUT2D eigenvalue weighted by Crippen LogP contribution is -2.43. The normalized spacial score (nSPS) is 24.1. The summed E-state index contributed by atoms with van der Waals surface area (Å²) in [6.07, 6.45) is -4.33. The summed E-state index contributed by atoms with van der Waals surface area (Å²) in [4.78, 5) is 12.1. The summed E-state index contributed by atoms with van der Waals surface area (Å²) >= 11 is 0. The third-order valence-corrected chi connectivity index (χ3v) is 4.56. The molecule has 3 atom stereocenters. The summed E-state index contributed by atoms with van der Waals surface area (Å²) < 4.78 is 0. The van der Waals surface area contributed by atoms with Crippen molar-refractivity contribution in [3.63, 3.8) is 0 Å². The second-order valence-electron chi connectivity index (χ2n) is 6.38. The number of benzene rings is 2. The molecule has 1 aliphatic carbocycles. The van der Waals surface area contributed by atoms with Crippen LogP contribution in [-0.2, 0) is 17.6 Å². The van der Waals surface area contributed by atoms with Crippen molar-refractivity contribution >= 4 is 5.78 Å². The number of aliphatic hydroxyl groups excluding tert-OH is 3. The molecule has 0 unspecified atom stereocenters. The van der Waals surface area contributed by atoms with Crippen LogP contribution in [0.3, 0.4) is 0 Å². The van der Waals surface area contributed by atoms with Crippen LogP contribution in [0.4, 0.5) is 0 Å². The van der Waals surface area contributed by atoms with Gasteiger partial charge in [-0.1, -0.05) is 12.1 Å². The van der Waals surface area contributed by atoms with Gasteiger partial charge >= 0.3 is 0 Å². The van der Waals surface area contributed by atoms with Crippen molar-refractivity contribution < 1.29 is 30.3 Å². The maximum atomic E-state index is 12.1. The first-order chi connectivity index (χ1) is 11.9. The van der Waals surface area contributed by atoms with Gasteiger partial charge in [0, 0.05) is 24.0 Å². The quantitative estimate of drug-likeness (QED) is 0.485. The van der Waals surface area contributed by atoms with E-state index in [1.54, 1.807) is 24.3 Å². The number of aryl methyl sites for hydroxylation is 1. The van der Waals surface area contributed by atoms with Crippen LogP contribution < -0.4 is 0 Å². The van der Waals surface area contributed by atoms with Gasteiger partial charge in [0.15, 0.2) is 5.78 Å². The first-order valence-electron chi connectivity index (χ1n) is 8.08. The molecule has 4 bridgehead atoms. The molecule has 2 aromatic carbocycles. The van der Waals surface area contributed by atoms with Crippen molar-refractivity contribution in [2.24, 2.45) is 0 Å². The van der Waals surface area contributed by atoms with Crippen LogP contribution in [0.25, 0.3) is 11.1 Å². The van der Waals surface area contributed by atoms with Crippen LogP contribution in [0.15, 0.2) is 36.4 Å². The lowest BCUT2D eigenvalue weighted by atomic mass is 9.95. The van der Waals surface area contributed by atoms with Crippen LogP contribution in [0.1, 0.15) is 17.5 Å². The molecule has 2 aromatic rings. The first kappa shape index (κ1) is 17.4. The number of ketones is 1. The SMILES string of the molecule is O=C1CCc2ccc(O)c(c2)-c2cc(ccc2O)C[C@@H](O)[C@H](O)[C@H]1O. The van der Waals surface area contributed by atoms with Gasteiger partial charge in [-0.15, -0.1) is 0 Å². The molecule has 0 saturated heterocycles. The summed E-state index contributed by atoms with van der Waals surface area (Å²) in [5.41, 5.74) is 2.14. The van der Waals surface area contributed by atoms with Crippen molar-refractivity contribution in [1.29, 1.82) is 0 Å². The molecule has 0 amide bonds. The van der Waals surface area contributed by atoms with Crippen LogP contribution >= 0.6 is 0 Å². The topological polar surface area (TPSA) is 118 Å². The van der Waals surface area contributed by atoms with Crippen molar-refractivity contribution in [3.8, 4) is 22.6 Å². The number of fused-ring (bicyclic) bond motifs is 5. The monoisotopic (exact) mass is 344 g/mol. The Morgan fingerprint density at radius 1 is 0.800 bits per heavy atom. The molecule has 25 heavy (non-hydrogen) atoms. The zero-order chi connectivity index (χ0) is 18.1. The third kappa shape index (κ3) is 3.51. The summed E-state index contributed by atoms with van der Waals surface area (Å²) in [7, 11) is 0. The smallest absolute Gasteiger partial charge is 0.164 e. The molecule has 132 valence electrons. The number of phenols is 2. The Labute approximate surface area is 144 Å². The van der Waals surface area contributed by atoms with Gasteiger partial charge in [0.25, 0.3) is 0 Å². The Balaban J connectivity index is 2.12. The van der Waals surface area contributed by atoms with Crippen LogP contribution in [0.2, 0.25) is 0 Å². The number of aromatic hydroxyl groups is 2. The van der Waals surface area contributed by atoms with Crippen molar-refractivity contribution in [2.75, 3.05) is 0 Å². The highest BCUT2D eigenvalue weighted by Gasteiger charge is 2.30. The second kappa shape index (κ2) is 6.84. The van der Waals surface area contributed by atoms with E-state index in [9.17, 15) is 30.3 Å². The molecule has 0 heterocycles. The van der Waals surface area contributed by atoms with Gasteiger partial charge in [0.1, 0.15) is 23.7 Å². The Morgan fingerprint density at radius 3 is 2.00 bits per heavy atom. The van der Waals surface area contributed by atoms with Crippen LogP contribution in [0.5, 0.6) is 11.5 Å².